The van der Waals surface area contributed by atoms with Gasteiger partial charge in [-0.2, -0.15) is 13.2 Å². The zero-order chi connectivity index (χ0) is 20.6. The smallest absolute Gasteiger partial charge is 0.416 e. The Morgan fingerprint density at radius 2 is 1.68 bits per heavy atom. The van der Waals surface area contributed by atoms with Gasteiger partial charge in [0.05, 0.1) is 19.3 Å². The molecule has 28 heavy (non-hydrogen) atoms. The van der Waals surface area contributed by atoms with Gasteiger partial charge in [-0.3, -0.25) is 4.99 Å². The highest BCUT2D eigenvalue weighted by atomic mass is 19.4. The third-order valence-electron chi connectivity index (χ3n) is 3.93. The largest absolute Gasteiger partial charge is 0.493 e. The highest BCUT2D eigenvalue weighted by molar-refractivity contribution is 5.79. The molecule has 5 nitrogen and oxygen atoms in total. The summed E-state index contributed by atoms with van der Waals surface area (Å²) in [6.07, 6.45) is -4.36. The van der Waals surface area contributed by atoms with E-state index < -0.39 is 11.7 Å². The predicted octanol–water partition coefficient (Wildman–Crippen LogP) is 3.98. The normalized spacial score (nSPS) is 11.9. The summed E-state index contributed by atoms with van der Waals surface area (Å²) < 4.78 is 49.2. The molecule has 0 bridgehead atoms. The Kier molecular flexibility index (Phi) is 7.54. The Morgan fingerprint density at radius 1 is 1.00 bits per heavy atom. The fraction of sp³-hybridized carbons (Fsp3) is 0.350. The Labute approximate surface area is 162 Å². The van der Waals surface area contributed by atoms with Crippen molar-refractivity contribution in [3.05, 3.63) is 59.2 Å². The maximum Gasteiger partial charge on any atom is 0.416 e. The summed E-state index contributed by atoms with van der Waals surface area (Å²) in [5.41, 5.74) is 0.795. The average Bonchev–Trinajstić information content (AvgIpc) is 2.68. The van der Waals surface area contributed by atoms with E-state index in [2.05, 4.69) is 15.6 Å². The fourth-order valence-corrected chi connectivity index (χ4v) is 2.55. The van der Waals surface area contributed by atoms with Crippen LogP contribution in [0.3, 0.4) is 0 Å². The number of hydrogen-bond donors (Lipinski definition) is 2. The number of rotatable bonds is 7. The van der Waals surface area contributed by atoms with E-state index in [1.165, 1.54) is 6.07 Å². The molecule has 0 spiro atoms. The highest BCUT2D eigenvalue weighted by Gasteiger charge is 2.30. The lowest BCUT2D eigenvalue weighted by atomic mass is 10.1. The van der Waals surface area contributed by atoms with Crippen molar-refractivity contribution in [1.29, 1.82) is 0 Å². The maximum absolute atomic E-state index is 12.8. The Balaban J connectivity index is 1.96. The molecule has 0 radical (unpaired) electrons. The maximum atomic E-state index is 12.8. The number of halogens is 3. The molecule has 0 heterocycles. The topological polar surface area (TPSA) is 54.9 Å². The minimum atomic E-state index is -4.36. The van der Waals surface area contributed by atoms with Gasteiger partial charge in [0, 0.05) is 20.1 Å². The van der Waals surface area contributed by atoms with E-state index in [9.17, 15) is 13.2 Å². The molecule has 0 saturated carbocycles. The lowest BCUT2D eigenvalue weighted by molar-refractivity contribution is -0.137. The summed E-state index contributed by atoms with van der Waals surface area (Å²) in [5.74, 6) is 1.78. The summed E-state index contributed by atoms with van der Waals surface area (Å²) in [6.45, 7) is 3.10. The predicted molar refractivity (Wildman–Crippen MR) is 103 cm³/mol. The van der Waals surface area contributed by atoms with E-state index in [4.69, 9.17) is 9.47 Å². The zero-order valence-electron chi connectivity index (χ0n) is 16.1. The van der Waals surface area contributed by atoms with Crippen LogP contribution in [0.15, 0.2) is 47.5 Å². The van der Waals surface area contributed by atoms with Gasteiger partial charge in [-0.05, 0) is 42.3 Å². The molecule has 2 N–H and O–H groups in total. The van der Waals surface area contributed by atoms with Crippen LogP contribution in [0.2, 0.25) is 0 Å². The molecular weight excluding hydrogens is 371 g/mol. The number of guanidine groups is 1. The van der Waals surface area contributed by atoms with Crippen LogP contribution < -0.4 is 20.1 Å². The number of nitrogens with one attached hydrogen (secondary N) is 2. The van der Waals surface area contributed by atoms with Crippen molar-refractivity contribution < 1.29 is 22.6 Å². The van der Waals surface area contributed by atoms with Crippen molar-refractivity contribution >= 4 is 5.96 Å². The summed E-state index contributed by atoms with van der Waals surface area (Å²) in [7, 11) is 3.18. The van der Waals surface area contributed by atoms with E-state index in [1.807, 2.05) is 25.1 Å². The third kappa shape index (κ3) is 6.07. The molecule has 0 saturated heterocycles. The second-order valence-electron chi connectivity index (χ2n) is 5.90. The van der Waals surface area contributed by atoms with Gasteiger partial charge in [-0.15, -0.1) is 0 Å². The van der Waals surface area contributed by atoms with Crippen LogP contribution in [0.1, 0.15) is 23.6 Å². The van der Waals surface area contributed by atoms with Gasteiger partial charge < -0.3 is 20.1 Å². The first kappa shape index (κ1) is 21.4. The summed E-state index contributed by atoms with van der Waals surface area (Å²) in [5, 5.41) is 6.14. The monoisotopic (exact) mass is 395 g/mol. The van der Waals surface area contributed by atoms with Crippen LogP contribution in [-0.4, -0.2) is 26.7 Å². The van der Waals surface area contributed by atoms with Crippen LogP contribution in [0.4, 0.5) is 13.2 Å². The molecule has 0 atom stereocenters. The molecule has 2 rings (SSSR count). The number of aliphatic imine (C=N–C) groups is 1. The van der Waals surface area contributed by atoms with Gasteiger partial charge >= 0.3 is 6.18 Å². The first-order valence-corrected chi connectivity index (χ1v) is 8.77. The van der Waals surface area contributed by atoms with Crippen LogP contribution >= 0.6 is 0 Å². The number of hydrogen-bond acceptors (Lipinski definition) is 3. The summed E-state index contributed by atoms with van der Waals surface area (Å²) in [4.78, 5) is 4.10. The Morgan fingerprint density at radius 3 is 2.25 bits per heavy atom. The first-order chi connectivity index (χ1) is 13.4. The van der Waals surface area contributed by atoms with Crippen molar-refractivity contribution in [2.75, 3.05) is 20.8 Å². The molecular formula is C20H24F3N3O2. The van der Waals surface area contributed by atoms with Gasteiger partial charge in [-0.1, -0.05) is 18.2 Å². The molecule has 0 aliphatic heterocycles. The van der Waals surface area contributed by atoms with E-state index >= 15 is 0 Å². The van der Waals surface area contributed by atoms with E-state index in [1.54, 1.807) is 20.2 Å². The molecule has 0 amide bonds. The van der Waals surface area contributed by atoms with Crippen LogP contribution in [0.5, 0.6) is 11.5 Å². The lowest BCUT2D eigenvalue weighted by Crippen LogP contribution is -2.36. The zero-order valence-corrected chi connectivity index (χ0v) is 16.1. The SMILES string of the molecule is CCOc1cc(CNC(=NC)NCc2cccc(C(F)(F)F)c2)ccc1OC. The third-order valence-corrected chi connectivity index (χ3v) is 3.93. The van der Waals surface area contributed by atoms with Crippen molar-refractivity contribution in [2.24, 2.45) is 4.99 Å². The number of alkyl halides is 3. The quantitative estimate of drug-likeness (QED) is 0.550. The second-order valence-corrected chi connectivity index (χ2v) is 5.90. The molecule has 152 valence electrons. The highest BCUT2D eigenvalue weighted by Crippen LogP contribution is 2.29. The van der Waals surface area contributed by atoms with Crippen LogP contribution in [0, 0.1) is 0 Å². The van der Waals surface area contributed by atoms with Crippen molar-refractivity contribution in [3.8, 4) is 11.5 Å². The number of ether oxygens (including phenoxy) is 2. The molecule has 2 aromatic carbocycles. The van der Waals surface area contributed by atoms with Crippen molar-refractivity contribution in [2.45, 2.75) is 26.2 Å². The van der Waals surface area contributed by atoms with Gasteiger partial charge in [0.15, 0.2) is 17.5 Å². The fourth-order valence-electron chi connectivity index (χ4n) is 2.55. The standard InChI is InChI=1S/C20H24F3N3O2/c1-4-28-18-11-15(8-9-17(18)27-3)13-26-19(24-2)25-12-14-6-5-7-16(10-14)20(21,22)23/h5-11H,4,12-13H2,1-3H3,(H2,24,25,26). The van der Waals surface area contributed by atoms with Gasteiger partial charge in [-0.25, -0.2) is 0 Å². The molecule has 0 fully saturated rings. The number of benzene rings is 2. The minimum Gasteiger partial charge on any atom is -0.493 e. The van der Waals surface area contributed by atoms with Gasteiger partial charge in [0.1, 0.15) is 0 Å². The molecule has 0 aliphatic carbocycles. The minimum absolute atomic E-state index is 0.219. The van der Waals surface area contributed by atoms with Crippen molar-refractivity contribution in [3.63, 3.8) is 0 Å². The number of methoxy groups -OCH3 is 1. The van der Waals surface area contributed by atoms with Gasteiger partial charge in [0.25, 0.3) is 0 Å². The average molecular weight is 395 g/mol. The van der Waals surface area contributed by atoms with E-state index in [-0.39, 0.29) is 6.54 Å². The first-order valence-electron chi connectivity index (χ1n) is 8.77. The van der Waals surface area contributed by atoms with Gasteiger partial charge in [0.2, 0.25) is 0 Å². The lowest BCUT2D eigenvalue weighted by Gasteiger charge is -2.15. The van der Waals surface area contributed by atoms with E-state index in [0.29, 0.717) is 36.2 Å². The Hall–Kier alpha value is -2.90. The molecule has 0 unspecified atom stereocenters. The van der Waals surface area contributed by atoms with Crippen LogP contribution in [-0.2, 0) is 19.3 Å². The molecule has 8 heteroatoms. The van der Waals surface area contributed by atoms with Crippen molar-refractivity contribution in [1.82, 2.24) is 10.6 Å². The molecule has 2 aromatic rings. The Bertz CT molecular complexity index is 808. The molecule has 0 aromatic heterocycles. The number of nitrogens with zero attached hydrogens (tertiary/aromatic N) is 1. The molecule has 0 aliphatic rings. The second kappa shape index (κ2) is 9.87. The van der Waals surface area contributed by atoms with Crippen LogP contribution in [0.25, 0.3) is 0 Å². The van der Waals surface area contributed by atoms with E-state index in [0.717, 1.165) is 17.7 Å². The summed E-state index contributed by atoms with van der Waals surface area (Å²) in [6, 6.07) is 10.8. The summed E-state index contributed by atoms with van der Waals surface area (Å²) >= 11 is 0.